The Morgan fingerprint density at radius 2 is 2.86 bits per heavy atom. The van der Waals surface area contributed by atoms with Gasteiger partial charge in [-0.25, -0.2) is 4.79 Å². The van der Waals surface area contributed by atoms with Crippen LogP contribution >= 0.6 is 9.24 Å². The average Bonchev–Trinajstić information content (AvgIpc) is 1.65. The SMILES string of the molecule is [3H]C(P)OC(=O)C=C. The van der Waals surface area contributed by atoms with Crippen LogP contribution in [0.5, 0.6) is 0 Å². The molecule has 40 valence electrons. The summed E-state index contributed by atoms with van der Waals surface area (Å²) in [6.45, 7) is 3.15. The fraction of sp³-hybridized carbons (Fsp3) is 0.250. The Hall–Kier alpha value is -0.360. The summed E-state index contributed by atoms with van der Waals surface area (Å²) in [5.74, 6) is -0.569. The van der Waals surface area contributed by atoms with Crippen molar-refractivity contribution in [3.63, 3.8) is 0 Å². The van der Waals surface area contributed by atoms with Crippen molar-refractivity contribution in [3.8, 4) is 0 Å². The van der Waals surface area contributed by atoms with Gasteiger partial charge in [0.25, 0.3) is 0 Å². The minimum Gasteiger partial charge on any atom is -0.459 e. The molecular formula is C4H7O2P. The molecule has 0 heterocycles. The first-order valence-corrected chi connectivity index (χ1v) is 2.34. The van der Waals surface area contributed by atoms with Crippen molar-refractivity contribution >= 4 is 15.2 Å². The molecular weight excluding hydrogens is 111 g/mol. The molecule has 0 N–H and O–H groups in total. The van der Waals surface area contributed by atoms with Crippen molar-refractivity contribution in [2.24, 2.45) is 0 Å². The third kappa shape index (κ3) is 3.47. The Labute approximate surface area is 46.2 Å². The molecule has 7 heavy (non-hydrogen) atoms. The number of ether oxygens (including phenoxy) is 1. The zero-order valence-electron chi connectivity index (χ0n) is 4.76. The van der Waals surface area contributed by atoms with Crippen molar-refractivity contribution in [1.82, 2.24) is 0 Å². The van der Waals surface area contributed by atoms with Crippen LogP contribution in [0.1, 0.15) is 1.37 Å². The Kier molecular flexibility index (Phi) is 2.61. The predicted octanol–water partition coefficient (Wildman–Crippen LogP) is 0.548. The van der Waals surface area contributed by atoms with Crippen LogP contribution in [-0.2, 0) is 9.53 Å². The molecule has 0 aliphatic heterocycles. The van der Waals surface area contributed by atoms with Crippen molar-refractivity contribution in [2.75, 3.05) is 6.32 Å². The first kappa shape index (κ1) is 4.79. The van der Waals surface area contributed by atoms with E-state index in [1.54, 1.807) is 0 Å². The Balaban J connectivity index is 3.39. The third-order valence-corrected chi connectivity index (χ3v) is 0.487. The van der Waals surface area contributed by atoms with Crippen molar-refractivity contribution < 1.29 is 10.9 Å². The number of rotatable bonds is 2. The summed E-state index contributed by atoms with van der Waals surface area (Å²) in [6.07, 6.45) is 0.145. The van der Waals surface area contributed by atoms with Crippen LogP contribution in [0, 0.1) is 0 Å². The number of carbonyl (C=O) groups excluding carboxylic acids is 1. The van der Waals surface area contributed by atoms with Gasteiger partial charge >= 0.3 is 5.97 Å². The highest BCUT2D eigenvalue weighted by atomic mass is 31.0. The van der Waals surface area contributed by atoms with Crippen LogP contribution < -0.4 is 0 Å². The number of hydrogen-bond acceptors (Lipinski definition) is 2. The second kappa shape index (κ2) is 3.82. The van der Waals surface area contributed by atoms with E-state index in [1.165, 1.54) is 0 Å². The van der Waals surface area contributed by atoms with E-state index in [9.17, 15) is 4.79 Å². The molecule has 0 rings (SSSR count). The predicted molar refractivity (Wildman–Crippen MR) is 30.9 cm³/mol. The number of carbonyl (C=O) groups is 1. The highest BCUT2D eigenvalue weighted by Crippen LogP contribution is 1.83. The largest absolute Gasteiger partial charge is 0.459 e. The van der Waals surface area contributed by atoms with Crippen LogP contribution in [0.2, 0.25) is 0 Å². The van der Waals surface area contributed by atoms with Gasteiger partial charge in [-0.3, -0.25) is 0 Å². The van der Waals surface area contributed by atoms with Gasteiger partial charge in [0, 0.05) is 6.08 Å². The second-order valence-corrected chi connectivity index (χ2v) is 1.05. The second-order valence-electron chi connectivity index (χ2n) is 0.777. The standard InChI is InChI=1S/C4H7O2P/c1-2-4(5)6-3-7/h2H,1,3,7H2/i3T. The van der Waals surface area contributed by atoms with E-state index >= 15 is 0 Å². The maximum atomic E-state index is 10.1. The normalized spacial score (nSPS) is 14.1. The Morgan fingerprint density at radius 1 is 2.29 bits per heavy atom. The molecule has 0 saturated carbocycles. The summed E-state index contributed by atoms with van der Waals surface area (Å²) in [4.78, 5) is 10.1. The fourth-order valence-corrected chi connectivity index (χ4v) is 0.249. The molecule has 2 atom stereocenters. The Morgan fingerprint density at radius 3 is 3.00 bits per heavy atom. The molecule has 0 saturated heterocycles. The monoisotopic (exact) mass is 120 g/mol. The van der Waals surface area contributed by atoms with Crippen LogP contribution in [0.15, 0.2) is 12.7 Å². The molecule has 0 amide bonds. The van der Waals surface area contributed by atoms with Gasteiger partial charge in [0.2, 0.25) is 0 Å². The summed E-state index contributed by atoms with van der Waals surface area (Å²) in [6, 6.07) is 0. The highest BCUT2D eigenvalue weighted by Gasteiger charge is 1.86. The summed E-state index contributed by atoms with van der Waals surface area (Å²) in [5, 5.41) is 0. The topological polar surface area (TPSA) is 26.3 Å². The average molecular weight is 120 g/mol. The molecule has 0 aromatic heterocycles. The molecule has 0 aromatic rings. The minimum atomic E-state index is -0.875. The smallest absolute Gasteiger partial charge is 0.330 e. The maximum absolute atomic E-state index is 10.1. The van der Waals surface area contributed by atoms with Crippen molar-refractivity contribution in [2.45, 2.75) is 0 Å². The van der Waals surface area contributed by atoms with Gasteiger partial charge in [-0.15, -0.1) is 0 Å². The molecule has 0 bridgehead atoms. The summed E-state index contributed by atoms with van der Waals surface area (Å²) >= 11 is 0. The molecule has 0 aliphatic carbocycles. The van der Waals surface area contributed by atoms with E-state index in [-0.39, 0.29) is 0 Å². The number of hydrogen-bond donors (Lipinski definition) is 0. The van der Waals surface area contributed by atoms with Crippen LogP contribution in [0.3, 0.4) is 0 Å². The van der Waals surface area contributed by atoms with E-state index in [1.807, 2.05) is 9.24 Å². The van der Waals surface area contributed by atoms with E-state index < -0.39 is 12.3 Å². The lowest BCUT2D eigenvalue weighted by molar-refractivity contribution is -0.135. The van der Waals surface area contributed by atoms with Gasteiger partial charge in [-0.2, -0.15) is 0 Å². The third-order valence-electron chi connectivity index (χ3n) is 0.351. The fourth-order valence-electron chi connectivity index (χ4n) is 0.115. The van der Waals surface area contributed by atoms with Gasteiger partial charge in [0.1, 0.15) is 6.32 Å². The summed E-state index contributed by atoms with van der Waals surface area (Å²) in [5.41, 5.74) is 0. The summed E-state index contributed by atoms with van der Waals surface area (Å²) < 4.78 is 11.0. The van der Waals surface area contributed by atoms with Gasteiger partial charge in [0.05, 0.1) is 1.37 Å². The highest BCUT2D eigenvalue weighted by molar-refractivity contribution is 7.16. The summed E-state index contributed by atoms with van der Waals surface area (Å²) in [7, 11) is 2.01. The van der Waals surface area contributed by atoms with Crippen LogP contribution in [0.25, 0.3) is 0 Å². The van der Waals surface area contributed by atoms with E-state index in [0.717, 1.165) is 6.08 Å². The van der Waals surface area contributed by atoms with Gasteiger partial charge < -0.3 is 4.74 Å². The minimum absolute atomic E-state index is 0.569. The quantitative estimate of drug-likeness (QED) is 0.302. The first-order valence-electron chi connectivity index (χ1n) is 2.25. The number of esters is 1. The lowest BCUT2D eigenvalue weighted by atomic mass is 10.7. The molecule has 0 aromatic carbocycles. The zero-order valence-corrected chi connectivity index (χ0v) is 4.91. The lowest BCUT2D eigenvalue weighted by Crippen LogP contribution is -1.95. The van der Waals surface area contributed by atoms with Gasteiger partial charge in [-0.05, 0) is 0 Å². The maximum Gasteiger partial charge on any atom is 0.330 e. The molecule has 0 radical (unpaired) electrons. The van der Waals surface area contributed by atoms with E-state index in [0.29, 0.717) is 0 Å². The van der Waals surface area contributed by atoms with Crippen molar-refractivity contribution in [1.29, 1.82) is 0 Å². The molecule has 2 nitrogen and oxygen atoms in total. The van der Waals surface area contributed by atoms with Gasteiger partial charge in [0.15, 0.2) is 0 Å². The van der Waals surface area contributed by atoms with Crippen LogP contribution in [-0.4, -0.2) is 12.3 Å². The molecule has 0 fully saturated rings. The zero-order chi connectivity index (χ0) is 6.57. The Bertz CT molecular complexity index is 102. The first-order chi connectivity index (χ1) is 3.66. The molecule has 0 spiro atoms. The lowest BCUT2D eigenvalue weighted by Gasteiger charge is -1.90. The van der Waals surface area contributed by atoms with E-state index in [4.69, 9.17) is 1.37 Å². The van der Waals surface area contributed by atoms with Crippen molar-refractivity contribution in [3.05, 3.63) is 12.7 Å². The van der Waals surface area contributed by atoms with E-state index in [2.05, 4.69) is 11.3 Å². The van der Waals surface area contributed by atoms with Crippen LogP contribution in [0.4, 0.5) is 0 Å². The molecule has 3 heteroatoms. The molecule has 2 unspecified atom stereocenters. The van der Waals surface area contributed by atoms with Gasteiger partial charge in [-0.1, -0.05) is 15.8 Å². The molecule has 0 aliphatic rings.